The molecule has 6 nitrogen and oxygen atoms in total. The summed E-state index contributed by atoms with van der Waals surface area (Å²) in [5.41, 5.74) is 6.59. The van der Waals surface area contributed by atoms with Crippen LogP contribution in [0.25, 0.3) is 21.6 Å². The second-order valence-corrected chi connectivity index (χ2v) is 10.2. The largest absolute Gasteiger partial charge is 0.399 e. The third-order valence-electron chi connectivity index (χ3n) is 7.01. The van der Waals surface area contributed by atoms with E-state index < -0.39 is 0 Å². The number of piperidine rings is 1. The number of pyridine rings is 1. The summed E-state index contributed by atoms with van der Waals surface area (Å²) < 4.78 is 0. The Kier molecular flexibility index (Phi) is 6.48. The van der Waals surface area contributed by atoms with Gasteiger partial charge < -0.3 is 14.6 Å². The molecule has 0 radical (unpaired) electrons. The average molecular weight is 475 g/mol. The lowest BCUT2D eigenvalue weighted by molar-refractivity contribution is 0.0665. The quantitative estimate of drug-likeness (QED) is 0.492. The van der Waals surface area contributed by atoms with Gasteiger partial charge in [0.15, 0.2) is 0 Å². The van der Waals surface area contributed by atoms with Crippen molar-refractivity contribution >= 4 is 23.0 Å². The zero-order valence-electron chi connectivity index (χ0n) is 20.0. The second kappa shape index (κ2) is 9.68. The topological polar surface area (TPSA) is 58.0 Å². The van der Waals surface area contributed by atoms with Gasteiger partial charge in [0.2, 0.25) is 0 Å². The fourth-order valence-corrected chi connectivity index (χ4v) is 6.13. The third kappa shape index (κ3) is 4.38. The smallest absolute Gasteiger partial charge is 0.264 e. The van der Waals surface area contributed by atoms with Crippen LogP contribution in [0.1, 0.15) is 40.1 Å². The molecule has 0 unspecified atom stereocenters. The highest BCUT2D eigenvalue weighted by Gasteiger charge is 2.28. The van der Waals surface area contributed by atoms with E-state index in [0.29, 0.717) is 0 Å². The van der Waals surface area contributed by atoms with Crippen LogP contribution < -0.4 is 0 Å². The summed E-state index contributed by atoms with van der Waals surface area (Å²) in [5, 5.41) is 4.18. The van der Waals surface area contributed by atoms with E-state index in [1.165, 1.54) is 5.56 Å². The van der Waals surface area contributed by atoms with E-state index >= 15 is 0 Å². The first-order chi connectivity index (χ1) is 16.5. The molecule has 1 saturated heterocycles. The van der Waals surface area contributed by atoms with Gasteiger partial charge in [0.25, 0.3) is 5.91 Å². The summed E-state index contributed by atoms with van der Waals surface area (Å²) >= 11 is 1.59. The molecule has 1 amide bonds. The molecule has 1 fully saturated rings. The summed E-state index contributed by atoms with van der Waals surface area (Å²) in [4.78, 5) is 29.1. The van der Waals surface area contributed by atoms with Crippen molar-refractivity contribution < 1.29 is 9.63 Å². The minimum Gasteiger partial charge on any atom is -0.399 e. The summed E-state index contributed by atoms with van der Waals surface area (Å²) in [6.45, 7) is 2.05. The Bertz CT molecular complexity index is 1210. The summed E-state index contributed by atoms with van der Waals surface area (Å²) in [6, 6.07) is 12.9. The third-order valence-corrected chi connectivity index (χ3v) is 8.18. The molecular weight excluding hydrogens is 444 g/mol. The summed E-state index contributed by atoms with van der Waals surface area (Å²) in [6.07, 6.45) is 7.44. The molecule has 176 valence electrons. The lowest BCUT2D eigenvalue weighted by atomic mass is 10.0. The molecule has 1 aliphatic carbocycles. The van der Waals surface area contributed by atoms with Gasteiger partial charge in [-0.3, -0.25) is 9.78 Å². The molecule has 0 bridgehead atoms. The molecule has 1 aliphatic heterocycles. The van der Waals surface area contributed by atoms with Crippen LogP contribution in [0.15, 0.2) is 53.9 Å². The molecule has 5 rings (SSSR count). The maximum Gasteiger partial charge on any atom is 0.264 e. The SMILES string of the molecule is CON=C1CCc2cc(-c3cc(-c4ccncc4)c(C(=O)N(C)C4CCN(C)CC4)s3)ccc21. The van der Waals surface area contributed by atoms with Crippen molar-refractivity contribution in [2.45, 2.75) is 31.7 Å². The molecule has 1 aromatic carbocycles. The highest BCUT2D eigenvalue weighted by Crippen LogP contribution is 2.39. The Labute approximate surface area is 204 Å². The lowest BCUT2D eigenvalue weighted by Crippen LogP contribution is -2.44. The number of thiophene rings is 1. The number of carbonyl (C=O) groups excluding carboxylic acids is 1. The number of carbonyl (C=O) groups is 1. The molecule has 34 heavy (non-hydrogen) atoms. The van der Waals surface area contributed by atoms with Gasteiger partial charge >= 0.3 is 0 Å². The van der Waals surface area contributed by atoms with Gasteiger partial charge in [-0.1, -0.05) is 17.3 Å². The van der Waals surface area contributed by atoms with Crippen LogP contribution in [0, 0.1) is 0 Å². The number of aryl methyl sites for hydroxylation is 1. The van der Waals surface area contributed by atoms with Gasteiger partial charge in [-0.15, -0.1) is 11.3 Å². The first-order valence-electron chi connectivity index (χ1n) is 11.8. The molecule has 2 aliphatic rings. The molecule has 0 spiro atoms. The Balaban J connectivity index is 1.51. The minimum absolute atomic E-state index is 0.105. The van der Waals surface area contributed by atoms with Crippen molar-refractivity contribution in [3.63, 3.8) is 0 Å². The highest BCUT2D eigenvalue weighted by molar-refractivity contribution is 7.18. The number of likely N-dealkylation sites (tertiary alicyclic amines) is 1. The first-order valence-corrected chi connectivity index (χ1v) is 12.6. The second-order valence-electron chi connectivity index (χ2n) is 9.13. The van der Waals surface area contributed by atoms with Gasteiger partial charge in [0, 0.05) is 41.5 Å². The van der Waals surface area contributed by atoms with Gasteiger partial charge in [-0.25, -0.2) is 0 Å². The fraction of sp³-hybridized carbons (Fsp3) is 0.370. The first kappa shape index (κ1) is 22.7. The summed E-state index contributed by atoms with van der Waals surface area (Å²) in [7, 11) is 5.69. The van der Waals surface area contributed by atoms with Gasteiger partial charge in [-0.05, 0) is 86.8 Å². The van der Waals surface area contributed by atoms with Crippen molar-refractivity contribution in [1.29, 1.82) is 0 Å². The molecule has 0 N–H and O–H groups in total. The highest BCUT2D eigenvalue weighted by atomic mass is 32.1. The number of rotatable bonds is 5. The van der Waals surface area contributed by atoms with Crippen LogP contribution in [0.3, 0.4) is 0 Å². The Morgan fingerprint density at radius 3 is 2.59 bits per heavy atom. The van der Waals surface area contributed by atoms with Crippen molar-refractivity contribution in [2.75, 3.05) is 34.3 Å². The van der Waals surface area contributed by atoms with Crippen molar-refractivity contribution in [3.8, 4) is 21.6 Å². The molecule has 0 atom stereocenters. The van der Waals surface area contributed by atoms with Crippen LogP contribution in [-0.4, -0.2) is 66.7 Å². The molecular formula is C27H30N4O2S. The number of hydrogen-bond donors (Lipinski definition) is 0. The normalized spacial score (nSPS) is 17.7. The Morgan fingerprint density at radius 1 is 1.09 bits per heavy atom. The van der Waals surface area contributed by atoms with Crippen molar-refractivity contribution in [3.05, 3.63) is 64.8 Å². The van der Waals surface area contributed by atoms with Crippen LogP contribution in [-0.2, 0) is 11.3 Å². The summed E-state index contributed by atoms with van der Waals surface area (Å²) in [5.74, 6) is 0.105. The van der Waals surface area contributed by atoms with E-state index in [9.17, 15) is 4.79 Å². The monoisotopic (exact) mass is 474 g/mol. The van der Waals surface area contributed by atoms with E-state index in [0.717, 1.165) is 76.5 Å². The van der Waals surface area contributed by atoms with E-state index in [2.05, 4.69) is 46.4 Å². The molecule has 7 heteroatoms. The van der Waals surface area contributed by atoms with E-state index in [1.54, 1.807) is 30.8 Å². The van der Waals surface area contributed by atoms with Gasteiger partial charge in [0.1, 0.15) is 12.0 Å². The minimum atomic E-state index is 0.105. The van der Waals surface area contributed by atoms with Crippen molar-refractivity contribution in [1.82, 2.24) is 14.8 Å². The number of benzene rings is 1. The molecule has 0 saturated carbocycles. The van der Waals surface area contributed by atoms with E-state index in [-0.39, 0.29) is 11.9 Å². The maximum absolute atomic E-state index is 13.7. The number of fused-ring (bicyclic) bond motifs is 1. The van der Waals surface area contributed by atoms with Gasteiger partial charge in [-0.2, -0.15) is 0 Å². The number of oxime groups is 1. The molecule has 2 aromatic heterocycles. The zero-order chi connectivity index (χ0) is 23.7. The van der Waals surface area contributed by atoms with Crippen molar-refractivity contribution in [2.24, 2.45) is 5.16 Å². The van der Waals surface area contributed by atoms with Crippen LogP contribution in [0.2, 0.25) is 0 Å². The predicted molar refractivity (Wildman–Crippen MR) is 137 cm³/mol. The van der Waals surface area contributed by atoms with Crippen LogP contribution >= 0.6 is 11.3 Å². The zero-order valence-corrected chi connectivity index (χ0v) is 20.8. The molecule has 3 heterocycles. The standard InChI is InChI=1S/C27H30N4O2S/c1-30-14-10-21(11-15-30)31(2)27(32)26-23(18-8-12-28-13-9-18)17-25(34-26)20-4-6-22-19(16-20)5-7-24(22)29-33-3/h4,6,8-9,12-13,16-17,21H,5,7,10-11,14-15H2,1-3H3. The van der Waals surface area contributed by atoms with Gasteiger partial charge in [0.05, 0.1) is 5.71 Å². The number of amides is 1. The average Bonchev–Trinajstić information content (AvgIpc) is 3.49. The predicted octanol–water partition coefficient (Wildman–Crippen LogP) is 4.94. The van der Waals surface area contributed by atoms with Crippen LogP contribution in [0.5, 0.6) is 0 Å². The Morgan fingerprint density at radius 2 is 1.85 bits per heavy atom. The fourth-order valence-electron chi connectivity index (χ4n) is 4.97. The van der Waals surface area contributed by atoms with E-state index in [4.69, 9.17) is 4.84 Å². The molecule has 3 aromatic rings. The number of hydrogen-bond acceptors (Lipinski definition) is 6. The lowest BCUT2D eigenvalue weighted by Gasteiger charge is -2.35. The number of aromatic nitrogens is 1. The van der Waals surface area contributed by atoms with Crippen LogP contribution in [0.4, 0.5) is 0 Å². The number of nitrogens with zero attached hydrogens (tertiary/aromatic N) is 4. The van der Waals surface area contributed by atoms with E-state index in [1.807, 2.05) is 24.1 Å². The Hall–Kier alpha value is -3.03. The maximum atomic E-state index is 13.7.